The number of nitrogens with zero attached hydrogens (tertiary/aromatic N) is 2. The van der Waals surface area contributed by atoms with Crippen LogP contribution in [0.25, 0.3) is 22.7 Å². The molecule has 10 heteroatoms. The minimum atomic E-state index is -3.03. The number of anilines is 1. The third-order valence-electron chi connectivity index (χ3n) is 5.38. The molecule has 0 radical (unpaired) electrons. The molecule has 0 aliphatic heterocycles. The number of pyridine rings is 1. The van der Waals surface area contributed by atoms with Gasteiger partial charge in [0.1, 0.15) is 11.5 Å². The number of oxazole rings is 1. The van der Waals surface area contributed by atoms with Crippen LogP contribution in [0.5, 0.6) is 5.75 Å². The van der Waals surface area contributed by atoms with E-state index in [9.17, 15) is 22.4 Å². The van der Waals surface area contributed by atoms with E-state index in [-0.39, 0.29) is 46.3 Å². The van der Waals surface area contributed by atoms with Gasteiger partial charge in [-0.15, -0.1) is 0 Å². The number of alkyl halides is 4. The first-order valence-corrected chi connectivity index (χ1v) is 11.0. The molecule has 36 heavy (non-hydrogen) atoms. The molecule has 0 atom stereocenters. The predicted octanol–water partition coefficient (Wildman–Crippen LogP) is 7.07. The van der Waals surface area contributed by atoms with E-state index in [1.807, 2.05) is 0 Å². The lowest BCUT2D eigenvalue weighted by molar-refractivity contribution is -0.0494. The van der Waals surface area contributed by atoms with E-state index >= 15 is 0 Å². The van der Waals surface area contributed by atoms with Crippen molar-refractivity contribution in [3.8, 4) is 28.5 Å². The molecule has 0 fully saturated rings. The highest BCUT2D eigenvalue weighted by Crippen LogP contribution is 2.35. The second kappa shape index (κ2) is 10.2. The highest BCUT2D eigenvalue weighted by Gasteiger charge is 2.29. The van der Waals surface area contributed by atoms with Gasteiger partial charge in [-0.2, -0.15) is 8.78 Å². The van der Waals surface area contributed by atoms with Crippen molar-refractivity contribution >= 4 is 11.6 Å². The molecule has 6 nitrogen and oxygen atoms in total. The Bertz CT molecular complexity index is 1370. The summed E-state index contributed by atoms with van der Waals surface area (Å²) in [4.78, 5) is 21.3. The Kier molecular flexibility index (Phi) is 7.05. The largest absolute Gasteiger partial charge is 0.441 e. The average molecular weight is 499 g/mol. The molecular formula is C26H21F4N3O3. The number of aromatic nitrogens is 2. The molecular weight excluding hydrogens is 478 g/mol. The second-order valence-corrected chi connectivity index (χ2v) is 7.82. The number of hydrogen-bond donors (Lipinski definition) is 1. The Hall–Kier alpha value is -4.21. The van der Waals surface area contributed by atoms with Crippen LogP contribution in [0.2, 0.25) is 0 Å². The van der Waals surface area contributed by atoms with Gasteiger partial charge in [0.15, 0.2) is 5.69 Å². The lowest BCUT2D eigenvalue weighted by atomic mass is 10.1. The molecule has 0 saturated heterocycles. The first-order valence-electron chi connectivity index (χ1n) is 11.0. The minimum Gasteiger partial charge on any atom is -0.441 e. The molecule has 0 spiro atoms. The van der Waals surface area contributed by atoms with E-state index in [1.54, 1.807) is 18.2 Å². The van der Waals surface area contributed by atoms with Gasteiger partial charge in [0.05, 0.1) is 5.69 Å². The number of carbonyl (C=O) groups excluding carboxylic acids is 1. The summed E-state index contributed by atoms with van der Waals surface area (Å²) in [5.41, 5.74) is 0.979. The topological polar surface area (TPSA) is 77.2 Å². The van der Waals surface area contributed by atoms with Crippen molar-refractivity contribution in [3.63, 3.8) is 0 Å². The minimum absolute atomic E-state index is 0.0510. The van der Waals surface area contributed by atoms with Crippen LogP contribution in [0.1, 0.15) is 35.2 Å². The van der Waals surface area contributed by atoms with Crippen molar-refractivity contribution in [2.75, 3.05) is 5.32 Å². The van der Waals surface area contributed by atoms with E-state index in [2.05, 4.69) is 20.0 Å². The zero-order valence-electron chi connectivity index (χ0n) is 19.3. The fourth-order valence-corrected chi connectivity index (χ4v) is 3.53. The van der Waals surface area contributed by atoms with Crippen molar-refractivity contribution in [1.29, 1.82) is 0 Å². The first kappa shape index (κ1) is 24.9. The number of hydrogen-bond acceptors (Lipinski definition) is 5. The van der Waals surface area contributed by atoms with Crippen LogP contribution >= 0.6 is 0 Å². The SMILES string of the molecule is CCC(F)(F)c1cccc(NC(=O)c2nc(-c3ccc(OC(F)F)c(-c4ccccn4)c3)oc2C)c1. The molecule has 0 unspecified atom stereocenters. The highest BCUT2D eigenvalue weighted by molar-refractivity contribution is 6.03. The van der Waals surface area contributed by atoms with Crippen LogP contribution < -0.4 is 10.1 Å². The summed E-state index contributed by atoms with van der Waals surface area (Å²) in [5, 5.41) is 2.56. The molecule has 1 amide bonds. The number of amides is 1. The lowest BCUT2D eigenvalue weighted by Gasteiger charge is -2.15. The van der Waals surface area contributed by atoms with Gasteiger partial charge in [0.2, 0.25) is 5.89 Å². The Balaban J connectivity index is 1.64. The van der Waals surface area contributed by atoms with Crippen molar-refractivity contribution in [1.82, 2.24) is 9.97 Å². The summed E-state index contributed by atoms with van der Waals surface area (Å²) in [7, 11) is 0. The Labute approximate surface area is 204 Å². The third-order valence-corrected chi connectivity index (χ3v) is 5.38. The molecule has 4 rings (SSSR count). The number of halogens is 4. The summed E-state index contributed by atoms with van der Waals surface area (Å²) in [6.07, 6.45) is 1.13. The number of carbonyl (C=O) groups is 1. The van der Waals surface area contributed by atoms with E-state index in [0.29, 0.717) is 11.3 Å². The molecule has 0 aliphatic carbocycles. The number of ether oxygens (including phenoxy) is 1. The Morgan fingerprint density at radius 1 is 1.11 bits per heavy atom. The Morgan fingerprint density at radius 2 is 1.92 bits per heavy atom. The van der Waals surface area contributed by atoms with Crippen molar-refractivity contribution in [2.24, 2.45) is 0 Å². The van der Waals surface area contributed by atoms with Crippen LogP contribution in [-0.2, 0) is 5.92 Å². The summed E-state index contributed by atoms with van der Waals surface area (Å²) in [6, 6.07) is 14.8. The molecule has 0 bridgehead atoms. The van der Waals surface area contributed by atoms with Crippen LogP contribution in [0.15, 0.2) is 71.3 Å². The summed E-state index contributed by atoms with van der Waals surface area (Å²) in [6.45, 7) is -0.133. The number of nitrogens with one attached hydrogen (secondary N) is 1. The van der Waals surface area contributed by atoms with Gasteiger partial charge in [-0.3, -0.25) is 9.78 Å². The molecule has 0 aliphatic rings. The number of rotatable bonds is 8. The molecule has 2 aromatic heterocycles. The molecule has 2 aromatic carbocycles. The van der Waals surface area contributed by atoms with Crippen molar-refractivity contribution in [2.45, 2.75) is 32.8 Å². The summed E-state index contributed by atoms with van der Waals surface area (Å²) >= 11 is 0. The highest BCUT2D eigenvalue weighted by atomic mass is 19.3. The second-order valence-electron chi connectivity index (χ2n) is 7.82. The van der Waals surface area contributed by atoms with Crippen LogP contribution in [0, 0.1) is 6.92 Å². The average Bonchev–Trinajstić information content (AvgIpc) is 3.26. The number of benzene rings is 2. The predicted molar refractivity (Wildman–Crippen MR) is 125 cm³/mol. The van der Waals surface area contributed by atoms with E-state index in [0.717, 1.165) is 0 Å². The standard InChI is InChI=1S/C26H21F4N3O3/c1-3-26(29,30)17-7-6-8-18(14-17)32-23(34)22-15(2)35-24(33-22)16-10-11-21(36-25(27)28)19(13-16)20-9-4-5-12-31-20/h4-14,25H,3H2,1-2H3,(H,32,34). The van der Waals surface area contributed by atoms with Crippen LogP contribution in [0.4, 0.5) is 23.2 Å². The maximum atomic E-state index is 14.0. The van der Waals surface area contributed by atoms with Gasteiger partial charge in [-0.05, 0) is 49.4 Å². The van der Waals surface area contributed by atoms with Crippen LogP contribution in [0.3, 0.4) is 0 Å². The fourth-order valence-electron chi connectivity index (χ4n) is 3.53. The molecule has 2 heterocycles. The maximum Gasteiger partial charge on any atom is 0.387 e. The van der Waals surface area contributed by atoms with Gasteiger partial charge in [0, 0.05) is 35.0 Å². The van der Waals surface area contributed by atoms with Gasteiger partial charge in [-0.25, -0.2) is 13.8 Å². The van der Waals surface area contributed by atoms with Gasteiger partial charge < -0.3 is 14.5 Å². The monoisotopic (exact) mass is 499 g/mol. The van der Waals surface area contributed by atoms with E-state index in [1.165, 1.54) is 62.5 Å². The summed E-state index contributed by atoms with van der Waals surface area (Å²) < 4.78 is 64.2. The molecule has 186 valence electrons. The van der Waals surface area contributed by atoms with E-state index < -0.39 is 18.4 Å². The quantitative estimate of drug-likeness (QED) is 0.263. The van der Waals surface area contributed by atoms with E-state index in [4.69, 9.17) is 4.42 Å². The van der Waals surface area contributed by atoms with Gasteiger partial charge in [-0.1, -0.05) is 25.1 Å². The molecule has 4 aromatic rings. The van der Waals surface area contributed by atoms with Crippen LogP contribution in [-0.4, -0.2) is 22.5 Å². The fraction of sp³-hybridized carbons (Fsp3) is 0.192. The van der Waals surface area contributed by atoms with Crippen molar-refractivity contribution in [3.05, 3.63) is 83.9 Å². The lowest BCUT2D eigenvalue weighted by Crippen LogP contribution is -2.15. The van der Waals surface area contributed by atoms with Crippen molar-refractivity contribution < 1.29 is 31.5 Å². The van der Waals surface area contributed by atoms with Gasteiger partial charge in [0.25, 0.3) is 11.8 Å². The summed E-state index contributed by atoms with van der Waals surface area (Å²) in [5.74, 6) is -3.52. The number of aryl methyl sites for hydroxylation is 1. The zero-order chi connectivity index (χ0) is 25.9. The molecule has 0 saturated carbocycles. The normalized spacial score (nSPS) is 11.5. The zero-order valence-corrected chi connectivity index (χ0v) is 19.3. The maximum absolute atomic E-state index is 14.0. The third kappa shape index (κ3) is 5.37. The smallest absolute Gasteiger partial charge is 0.387 e. The Morgan fingerprint density at radius 3 is 2.61 bits per heavy atom. The molecule has 1 N–H and O–H groups in total. The first-order chi connectivity index (χ1) is 17.2. The van der Waals surface area contributed by atoms with Gasteiger partial charge >= 0.3 is 6.61 Å².